The normalized spacial score (nSPS) is 16.6. The Hall–Kier alpha value is -5.34. The summed E-state index contributed by atoms with van der Waals surface area (Å²) in [5, 5.41) is 8.27. The van der Waals surface area contributed by atoms with E-state index in [1.807, 2.05) is 0 Å². The summed E-state index contributed by atoms with van der Waals surface area (Å²) in [6, 6.07) is 33.7. The molecule has 9 rings (SSSR count). The minimum absolute atomic E-state index is 0.00850. The summed E-state index contributed by atoms with van der Waals surface area (Å²) in [5.74, 6) is 0.427. The van der Waals surface area contributed by atoms with Gasteiger partial charge in [0, 0.05) is 38.9 Å². The van der Waals surface area contributed by atoms with Crippen molar-refractivity contribution in [3.8, 4) is 0 Å². The molecule has 0 radical (unpaired) electrons. The van der Waals surface area contributed by atoms with Gasteiger partial charge in [-0.1, -0.05) is 116 Å². The molecule has 2 heteroatoms. The topological polar surface area (TPSA) is 6.48 Å². The van der Waals surface area contributed by atoms with Crippen LogP contribution < -0.4 is 9.80 Å². The monoisotopic (exact) mass is 817 g/mol. The second-order valence-corrected chi connectivity index (χ2v) is 22.1. The zero-order valence-corrected chi connectivity index (χ0v) is 40.3. The Morgan fingerprint density at radius 1 is 0.532 bits per heavy atom. The molecule has 0 bridgehead atoms. The van der Waals surface area contributed by atoms with Crippen LogP contribution in [0.4, 0.5) is 28.4 Å². The predicted molar refractivity (Wildman–Crippen MR) is 271 cm³/mol. The molecule has 7 aromatic rings. The molecule has 0 N–H and O–H groups in total. The van der Waals surface area contributed by atoms with Crippen molar-refractivity contribution < 1.29 is 0 Å². The third-order valence-corrected chi connectivity index (χ3v) is 14.8. The van der Waals surface area contributed by atoms with Crippen molar-refractivity contribution >= 4 is 60.8 Å². The van der Waals surface area contributed by atoms with Crippen LogP contribution in [0, 0.1) is 52.9 Å². The fraction of sp³-hybridized carbons (Fsp3) is 0.367. The molecular weight excluding hydrogens is 749 g/mol. The summed E-state index contributed by atoms with van der Waals surface area (Å²) in [4.78, 5) is 5.28. The molecule has 1 atom stereocenters. The van der Waals surface area contributed by atoms with Crippen LogP contribution in [0.3, 0.4) is 0 Å². The predicted octanol–water partition coefficient (Wildman–Crippen LogP) is 17.5. The van der Waals surface area contributed by atoms with E-state index in [-0.39, 0.29) is 16.2 Å². The molecule has 0 aliphatic heterocycles. The van der Waals surface area contributed by atoms with Crippen molar-refractivity contribution in [3.63, 3.8) is 0 Å². The highest BCUT2D eigenvalue weighted by Crippen LogP contribution is 2.55. The van der Waals surface area contributed by atoms with Crippen LogP contribution in [0.1, 0.15) is 125 Å². The Morgan fingerprint density at radius 2 is 1.11 bits per heavy atom. The summed E-state index contributed by atoms with van der Waals surface area (Å²) in [5.41, 5.74) is 21.1. The second-order valence-electron chi connectivity index (χ2n) is 22.1. The lowest BCUT2D eigenvalue weighted by atomic mass is 9.70. The van der Waals surface area contributed by atoms with Gasteiger partial charge in [0.05, 0.1) is 11.4 Å². The third kappa shape index (κ3) is 6.84. The molecule has 2 aliphatic carbocycles. The Balaban J connectivity index is 1.45. The van der Waals surface area contributed by atoms with Gasteiger partial charge in [0.25, 0.3) is 0 Å². The Kier molecular flexibility index (Phi) is 9.90. The molecule has 0 saturated carbocycles. The number of hydrogen-bond donors (Lipinski definition) is 0. The van der Waals surface area contributed by atoms with Gasteiger partial charge in [0.1, 0.15) is 0 Å². The van der Waals surface area contributed by atoms with Gasteiger partial charge in [0.2, 0.25) is 0 Å². The fourth-order valence-corrected chi connectivity index (χ4v) is 10.7. The molecule has 2 nitrogen and oxygen atoms in total. The number of rotatable bonds is 6. The fourth-order valence-electron chi connectivity index (χ4n) is 10.7. The molecule has 0 amide bonds. The van der Waals surface area contributed by atoms with Gasteiger partial charge < -0.3 is 9.80 Å². The SMILES string of the molecule is CC1=CCC(C(C)(C)C)C=C1N(c1cc(C)ccc1C)c1cc(C)c2ccc3c(N(c4cc(C)ccc4C)c4cc(C(C)(C)C)ccc4C)cc4c5c(cc1c2c35)C(C)(C)CC4. The average molecular weight is 817 g/mol. The van der Waals surface area contributed by atoms with Crippen LogP contribution >= 0.6 is 0 Å². The van der Waals surface area contributed by atoms with E-state index in [1.165, 1.54) is 122 Å². The highest BCUT2D eigenvalue weighted by atomic mass is 15.2. The van der Waals surface area contributed by atoms with Crippen LogP contribution in [0.2, 0.25) is 0 Å². The Labute approximate surface area is 372 Å². The van der Waals surface area contributed by atoms with E-state index in [4.69, 9.17) is 0 Å². The van der Waals surface area contributed by atoms with Gasteiger partial charge in [-0.2, -0.15) is 0 Å². The van der Waals surface area contributed by atoms with E-state index in [9.17, 15) is 0 Å². The van der Waals surface area contributed by atoms with Gasteiger partial charge in [0.15, 0.2) is 0 Å². The molecule has 318 valence electrons. The highest BCUT2D eigenvalue weighted by molar-refractivity contribution is 6.30. The maximum absolute atomic E-state index is 2.65. The first kappa shape index (κ1) is 42.0. The summed E-state index contributed by atoms with van der Waals surface area (Å²) in [7, 11) is 0. The molecule has 0 saturated heterocycles. The summed E-state index contributed by atoms with van der Waals surface area (Å²) < 4.78 is 0. The van der Waals surface area contributed by atoms with E-state index in [0.717, 1.165) is 19.3 Å². The van der Waals surface area contributed by atoms with Gasteiger partial charge >= 0.3 is 0 Å². The molecular formula is C60H68N2. The lowest BCUT2D eigenvalue weighted by Crippen LogP contribution is -2.27. The van der Waals surface area contributed by atoms with Gasteiger partial charge in [-0.15, -0.1) is 0 Å². The largest absolute Gasteiger partial charge is 0.310 e. The minimum Gasteiger partial charge on any atom is -0.310 e. The van der Waals surface area contributed by atoms with Gasteiger partial charge in [-0.05, 0) is 198 Å². The highest BCUT2D eigenvalue weighted by Gasteiger charge is 2.35. The standard InChI is InChI=1S/C60H68N2/c1-35-16-18-37(3)49(28-35)61(51-32-43(58(8,9)10)22-20-39(51)5)53-30-41(7)45-24-25-46-54(31-42-26-27-60(14,15)48-34-47(53)56(45)57(46)55(42)48)62(50-29-36(2)17-19-38(50)4)52-33-44(59(11,12)13)23-21-40(52)6/h16-21,23-25,28-34,43H,22,26-27H2,1-15H3. The van der Waals surface area contributed by atoms with E-state index in [0.29, 0.717) is 5.92 Å². The quantitative estimate of drug-likeness (QED) is 0.154. The molecule has 0 aromatic heterocycles. The van der Waals surface area contributed by atoms with Crippen LogP contribution in [-0.2, 0) is 17.3 Å². The summed E-state index contributed by atoms with van der Waals surface area (Å²) in [6.07, 6.45) is 8.32. The maximum atomic E-state index is 2.65. The lowest BCUT2D eigenvalue weighted by molar-refractivity contribution is 0.291. The summed E-state index contributed by atoms with van der Waals surface area (Å²) in [6.45, 7) is 35.2. The van der Waals surface area contributed by atoms with Gasteiger partial charge in [-0.25, -0.2) is 0 Å². The van der Waals surface area contributed by atoms with Gasteiger partial charge in [-0.3, -0.25) is 0 Å². The van der Waals surface area contributed by atoms with Crippen LogP contribution in [0.5, 0.6) is 0 Å². The van der Waals surface area contributed by atoms with Crippen LogP contribution in [-0.4, -0.2) is 0 Å². The average Bonchev–Trinajstić information content (AvgIpc) is 3.20. The number of allylic oxidation sites excluding steroid dienone is 3. The van der Waals surface area contributed by atoms with E-state index >= 15 is 0 Å². The van der Waals surface area contributed by atoms with Crippen molar-refractivity contribution in [1.29, 1.82) is 0 Å². The number of nitrogens with zero attached hydrogens (tertiary/aromatic N) is 2. The zero-order chi connectivity index (χ0) is 44.4. The molecule has 2 aliphatic rings. The van der Waals surface area contributed by atoms with E-state index in [2.05, 4.69) is 211 Å². The van der Waals surface area contributed by atoms with E-state index in [1.54, 1.807) is 0 Å². The molecule has 0 fully saturated rings. The second kappa shape index (κ2) is 14.6. The molecule has 0 heterocycles. The smallest absolute Gasteiger partial charge is 0.0543 e. The third-order valence-electron chi connectivity index (χ3n) is 14.8. The van der Waals surface area contributed by atoms with Crippen molar-refractivity contribution in [2.24, 2.45) is 11.3 Å². The number of aryl methyl sites for hydroxylation is 7. The molecule has 1 unspecified atom stereocenters. The maximum Gasteiger partial charge on any atom is 0.0543 e. The first-order valence-electron chi connectivity index (χ1n) is 23.2. The van der Waals surface area contributed by atoms with Crippen LogP contribution in [0.25, 0.3) is 32.3 Å². The first-order valence-corrected chi connectivity index (χ1v) is 23.2. The minimum atomic E-state index is 0.00850. The summed E-state index contributed by atoms with van der Waals surface area (Å²) >= 11 is 0. The van der Waals surface area contributed by atoms with Crippen molar-refractivity contribution in [3.05, 3.63) is 158 Å². The van der Waals surface area contributed by atoms with Crippen molar-refractivity contribution in [2.75, 3.05) is 9.80 Å². The Morgan fingerprint density at radius 3 is 1.74 bits per heavy atom. The van der Waals surface area contributed by atoms with Crippen molar-refractivity contribution in [1.82, 2.24) is 0 Å². The molecule has 62 heavy (non-hydrogen) atoms. The number of benzene rings is 7. The Bertz CT molecular complexity index is 3010. The molecule has 7 aromatic carbocycles. The zero-order valence-electron chi connectivity index (χ0n) is 40.3. The first-order chi connectivity index (χ1) is 29.1. The van der Waals surface area contributed by atoms with Crippen LogP contribution in [0.15, 0.2) is 108 Å². The number of anilines is 5. The number of hydrogen-bond acceptors (Lipinski definition) is 2. The van der Waals surface area contributed by atoms with E-state index < -0.39 is 0 Å². The molecule has 0 spiro atoms. The van der Waals surface area contributed by atoms with Crippen molar-refractivity contribution in [2.45, 2.75) is 134 Å². The lowest BCUT2D eigenvalue weighted by Gasteiger charge is -2.39.